The van der Waals surface area contributed by atoms with Crippen molar-refractivity contribution in [2.75, 3.05) is 18.2 Å². The molecule has 0 aliphatic heterocycles. The Morgan fingerprint density at radius 1 is 1.16 bits per heavy atom. The van der Waals surface area contributed by atoms with Crippen LogP contribution in [0, 0.1) is 0 Å². The summed E-state index contributed by atoms with van der Waals surface area (Å²) in [6.07, 6.45) is 0.705. The summed E-state index contributed by atoms with van der Waals surface area (Å²) in [6.45, 7) is 2.24. The number of thioether (sulfide) groups is 1. The molecule has 3 rings (SSSR count). The quantitative estimate of drug-likeness (QED) is 0.307. The molecule has 3 aromatic rings. The van der Waals surface area contributed by atoms with E-state index in [0.717, 1.165) is 17.3 Å². The molecular weight excluding hydrogens is 428 g/mol. The number of carbonyl (C=O) groups is 2. The van der Waals surface area contributed by atoms with Crippen molar-refractivity contribution in [1.29, 1.82) is 0 Å². The van der Waals surface area contributed by atoms with Crippen LogP contribution < -0.4 is 16.6 Å². The van der Waals surface area contributed by atoms with Gasteiger partial charge in [0.25, 0.3) is 5.56 Å². The third-order valence-electron chi connectivity index (χ3n) is 4.71. The molecule has 0 unspecified atom stereocenters. The van der Waals surface area contributed by atoms with Gasteiger partial charge >= 0.3 is 5.97 Å². The molecule has 32 heavy (non-hydrogen) atoms. The number of anilines is 2. The van der Waals surface area contributed by atoms with Crippen molar-refractivity contribution in [3.8, 4) is 0 Å². The first-order chi connectivity index (χ1) is 15.4. The Balaban J connectivity index is 1.70. The molecule has 0 aliphatic rings. The minimum absolute atomic E-state index is 0.271. The van der Waals surface area contributed by atoms with E-state index in [-0.39, 0.29) is 5.91 Å². The van der Waals surface area contributed by atoms with Crippen LogP contribution in [-0.2, 0) is 22.5 Å². The summed E-state index contributed by atoms with van der Waals surface area (Å²) in [6, 6.07) is 17.6. The Labute approximate surface area is 189 Å². The van der Waals surface area contributed by atoms with E-state index in [1.54, 1.807) is 35.8 Å². The summed E-state index contributed by atoms with van der Waals surface area (Å²) in [4.78, 5) is 40.2. The van der Waals surface area contributed by atoms with Crippen molar-refractivity contribution in [3.05, 3.63) is 82.1 Å². The number of nitrogens with one attached hydrogen (secondary N) is 1. The Kier molecular flexibility index (Phi) is 7.67. The van der Waals surface area contributed by atoms with Crippen LogP contribution in [0.1, 0.15) is 22.8 Å². The molecule has 3 N–H and O–H groups in total. The minimum atomic E-state index is -0.549. The van der Waals surface area contributed by atoms with Gasteiger partial charge in [-0.1, -0.05) is 42.1 Å². The van der Waals surface area contributed by atoms with Gasteiger partial charge in [-0.15, -0.1) is 0 Å². The number of nitrogens with zero attached hydrogens (tertiary/aromatic N) is 2. The Hall–Kier alpha value is -3.59. The third-order valence-corrected chi connectivity index (χ3v) is 5.80. The van der Waals surface area contributed by atoms with Gasteiger partial charge in [0.15, 0.2) is 5.16 Å². The predicted octanol–water partition coefficient (Wildman–Crippen LogP) is 2.97. The number of hydrogen-bond acceptors (Lipinski definition) is 7. The molecule has 0 spiro atoms. The van der Waals surface area contributed by atoms with Gasteiger partial charge in [-0.2, -0.15) is 4.98 Å². The maximum atomic E-state index is 12.7. The first-order valence-electron chi connectivity index (χ1n) is 9.94. The zero-order valence-electron chi connectivity index (χ0n) is 17.8. The average Bonchev–Trinajstić information content (AvgIpc) is 2.79. The molecule has 1 heterocycles. The number of nitrogen functional groups attached to an aromatic ring is 1. The van der Waals surface area contributed by atoms with Gasteiger partial charge in [-0.3, -0.25) is 9.59 Å². The van der Waals surface area contributed by atoms with Crippen molar-refractivity contribution in [3.63, 3.8) is 0 Å². The average molecular weight is 453 g/mol. The maximum absolute atomic E-state index is 12.7. The number of ether oxygens (including phenoxy) is 1. The standard InChI is InChI=1S/C23H24N4O4S/c1-15(21(29)25-18-10-8-17(9-11-18)22(30)31-2)32-23-26-20(28)14-19(24)27(23)13-12-16-6-4-3-5-7-16/h3-11,14-15H,12-13,24H2,1-2H3,(H,25,29)/t15-/m0/s1. The minimum Gasteiger partial charge on any atom is -0.465 e. The number of aryl methyl sites for hydroxylation is 1. The third kappa shape index (κ3) is 5.98. The molecule has 0 radical (unpaired) electrons. The summed E-state index contributed by atoms with van der Waals surface area (Å²) in [5, 5.41) is 2.63. The molecule has 8 nitrogen and oxygen atoms in total. The second-order valence-electron chi connectivity index (χ2n) is 7.01. The number of benzene rings is 2. The lowest BCUT2D eigenvalue weighted by atomic mass is 10.1. The molecular formula is C23H24N4O4S. The largest absolute Gasteiger partial charge is 0.465 e. The van der Waals surface area contributed by atoms with Crippen LogP contribution in [0.2, 0.25) is 0 Å². The number of hydrogen-bond donors (Lipinski definition) is 2. The number of esters is 1. The molecule has 1 aromatic heterocycles. The number of methoxy groups -OCH3 is 1. The SMILES string of the molecule is COC(=O)c1ccc(NC(=O)[C@H](C)Sc2nc(=O)cc(N)n2CCc2ccccc2)cc1. The second kappa shape index (κ2) is 10.6. The Bertz CT molecular complexity index is 1150. The molecule has 0 saturated heterocycles. The van der Waals surface area contributed by atoms with Crippen LogP contribution in [0.5, 0.6) is 0 Å². The Morgan fingerprint density at radius 2 is 1.84 bits per heavy atom. The number of aromatic nitrogens is 2. The number of rotatable bonds is 8. The second-order valence-corrected chi connectivity index (χ2v) is 8.32. The lowest BCUT2D eigenvalue weighted by Crippen LogP contribution is -2.25. The van der Waals surface area contributed by atoms with Crippen LogP contribution in [0.3, 0.4) is 0 Å². The molecule has 9 heteroatoms. The fraction of sp³-hybridized carbons (Fsp3) is 0.217. The van der Waals surface area contributed by atoms with Gasteiger partial charge in [-0.05, 0) is 43.2 Å². The summed E-state index contributed by atoms with van der Waals surface area (Å²) in [7, 11) is 1.31. The highest BCUT2D eigenvalue weighted by atomic mass is 32.2. The van der Waals surface area contributed by atoms with Crippen molar-refractivity contribution in [2.24, 2.45) is 0 Å². The first-order valence-corrected chi connectivity index (χ1v) is 10.8. The predicted molar refractivity (Wildman–Crippen MR) is 125 cm³/mol. The summed E-state index contributed by atoms with van der Waals surface area (Å²) in [5.41, 5.74) is 7.69. The topological polar surface area (TPSA) is 116 Å². The van der Waals surface area contributed by atoms with Gasteiger partial charge in [0.1, 0.15) is 5.82 Å². The van der Waals surface area contributed by atoms with Crippen molar-refractivity contribution < 1.29 is 14.3 Å². The van der Waals surface area contributed by atoms with Gasteiger partial charge < -0.3 is 20.4 Å². The van der Waals surface area contributed by atoms with Crippen LogP contribution in [0.25, 0.3) is 0 Å². The van der Waals surface area contributed by atoms with Crippen LogP contribution in [0.15, 0.2) is 70.6 Å². The van der Waals surface area contributed by atoms with E-state index >= 15 is 0 Å². The zero-order valence-corrected chi connectivity index (χ0v) is 18.6. The van der Waals surface area contributed by atoms with Crippen LogP contribution in [0.4, 0.5) is 11.5 Å². The van der Waals surface area contributed by atoms with E-state index in [9.17, 15) is 14.4 Å². The molecule has 0 fully saturated rings. The summed E-state index contributed by atoms with van der Waals surface area (Å²) in [5.74, 6) is -0.422. The molecule has 0 aliphatic carbocycles. The maximum Gasteiger partial charge on any atom is 0.337 e. The smallest absolute Gasteiger partial charge is 0.337 e. The van der Waals surface area contributed by atoms with Gasteiger partial charge in [0, 0.05) is 18.3 Å². The van der Waals surface area contributed by atoms with Crippen LogP contribution >= 0.6 is 11.8 Å². The lowest BCUT2D eigenvalue weighted by Gasteiger charge is -2.17. The highest BCUT2D eigenvalue weighted by Crippen LogP contribution is 2.24. The zero-order chi connectivity index (χ0) is 23.1. The van der Waals surface area contributed by atoms with E-state index in [2.05, 4.69) is 15.0 Å². The first kappa shape index (κ1) is 23.1. The lowest BCUT2D eigenvalue weighted by molar-refractivity contribution is -0.115. The molecule has 0 saturated carbocycles. The molecule has 166 valence electrons. The highest BCUT2D eigenvalue weighted by molar-refractivity contribution is 8.00. The van der Waals surface area contributed by atoms with E-state index in [1.807, 2.05) is 30.3 Å². The molecule has 1 amide bonds. The summed E-state index contributed by atoms with van der Waals surface area (Å²) < 4.78 is 6.41. The number of nitrogens with two attached hydrogens (primary N) is 1. The van der Waals surface area contributed by atoms with Gasteiger partial charge in [0.2, 0.25) is 5.91 Å². The normalized spacial score (nSPS) is 11.6. The highest BCUT2D eigenvalue weighted by Gasteiger charge is 2.19. The van der Waals surface area contributed by atoms with E-state index < -0.39 is 16.8 Å². The van der Waals surface area contributed by atoms with E-state index in [4.69, 9.17) is 5.73 Å². The fourth-order valence-electron chi connectivity index (χ4n) is 2.97. The number of carbonyl (C=O) groups excluding carboxylic acids is 2. The fourth-order valence-corrected chi connectivity index (χ4v) is 3.91. The summed E-state index contributed by atoms with van der Waals surface area (Å²) >= 11 is 1.16. The van der Waals surface area contributed by atoms with Gasteiger partial charge in [-0.25, -0.2) is 4.79 Å². The van der Waals surface area contributed by atoms with Crippen molar-refractivity contribution in [1.82, 2.24) is 9.55 Å². The van der Waals surface area contributed by atoms with E-state index in [0.29, 0.717) is 35.2 Å². The molecule has 2 aromatic carbocycles. The Morgan fingerprint density at radius 3 is 2.50 bits per heavy atom. The van der Waals surface area contributed by atoms with Gasteiger partial charge in [0.05, 0.1) is 17.9 Å². The monoisotopic (exact) mass is 452 g/mol. The van der Waals surface area contributed by atoms with Crippen LogP contribution in [-0.4, -0.2) is 33.8 Å². The van der Waals surface area contributed by atoms with Crippen molar-refractivity contribution >= 4 is 35.1 Å². The molecule has 0 bridgehead atoms. The molecule has 1 atom stereocenters. The van der Waals surface area contributed by atoms with Crippen molar-refractivity contribution in [2.45, 2.75) is 30.3 Å². The van der Waals surface area contributed by atoms with E-state index in [1.165, 1.54) is 13.2 Å². The number of amides is 1.